The number of benzene rings is 2. The molecule has 2 aliphatic heterocycles. The lowest BCUT2D eigenvalue weighted by Crippen LogP contribution is -2.49. The first-order chi connectivity index (χ1) is 17.3. The van der Waals surface area contributed by atoms with Crippen LogP contribution in [0, 0.1) is 0 Å². The maximum atomic E-state index is 12.8. The van der Waals surface area contributed by atoms with Crippen molar-refractivity contribution >= 4 is 21.6 Å². The number of fused-ring (bicyclic) bond motifs is 1. The topological polar surface area (TPSA) is 102 Å². The van der Waals surface area contributed by atoms with Gasteiger partial charge in [0.15, 0.2) is 27.2 Å². The first-order valence-corrected chi connectivity index (χ1v) is 13.5. The number of hydrogen-bond acceptors (Lipinski definition) is 8. The molecule has 1 saturated heterocycles. The average molecular weight is 509 g/mol. The maximum Gasteiger partial charge on any atom is 0.231 e. The van der Waals surface area contributed by atoms with Crippen LogP contribution in [-0.4, -0.2) is 67.6 Å². The highest BCUT2D eigenvalue weighted by atomic mass is 32.2. The van der Waals surface area contributed by atoms with Gasteiger partial charge in [0.05, 0.1) is 22.3 Å². The minimum Gasteiger partial charge on any atom is -0.454 e. The van der Waals surface area contributed by atoms with E-state index in [-0.39, 0.29) is 24.0 Å². The van der Waals surface area contributed by atoms with E-state index in [9.17, 15) is 13.2 Å². The number of anilines is 1. The molecule has 5 rings (SSSR count). The average Bonchev–Trinajstić information content (AvgIpc) is 3.37. The van der Waals surface area contributed by atoms with Gasteiger partial charge < -0.3 is 19.3 Å². The van der Waals surface area contributed by atoms with Crippen molar-refractivity contribution in [1.82, 2.24) is 15.1 Å². The summed E-state index contributed by atoms with van der Waals surface area (Å²) in [7, 11) is -3.32. The van der Waals surface area contributed by atoms with Crippen LogP contribution in [0.4, 0.5) is 5.82 Å². The SMILES string of the molecule is CC(C)S(=O)(=O)c1ccc(CC(=O)N2CCN(c3ccc(-c4ccc5c(c4)OCO5)nn3)CC2)cc1. The third-order valence-corrected chi connectivity index (χ3v) is 8.67. The van der Waals surface area contributed by atoms with Crippen LogP contribution in [-0.2, 0) is 21.1 Å². The molecule has 0 atom stereocenters. The van der Waals surface area contributed by atoms with E-state index in [1.165, 1.54) is 0 Å². The zero-order valence-electron chi connectivity index (χ0n) is 20.3. The van der Waals surface area contributed by atoms with Crippen LogP contribution in [0.25, 0.3) is 11.3 Å². The summed E-state index contributed by atoms with van der Waals surface area (Å²) in [5.74, 6) is 2.23. The lowest BCUT2D eigenvalue weighted by molar-refractivity contribution is -0.130. The molecule has 36 heavy (non-hydrogen) atoms. The van der Waals surface area contributed by atoms with E-state index >= 15 is 0 Å². The van der Waals surface area contributed by atoms with Gasteiger partial charge in [0.1, 0.15) is 0 Å². The zero-order valence-corrected chi connectivity index (χ0v) is 21.1. The van der Waals surface area contributed by atoms with Crippen LogP contribution < -0.4 is 14.4 Å². The predicted molar refractivity (Wildman–Crippen MR) is 135 cm³/mol. The molecule has 2 aromatic carbocycles. The largest absolute Gasteiger partial charge is 0.454 e. The van der Waals surface area contributed by atoms with Crippen molar-refractivity contribution in [1.29, 1.82) is 0 Å². The van der Waals surface area contributed by atoms with Gasteiger partial charge in [0.2, 0.25) is 12.7 Å². The second-order valence-electron chi connectivity index (χ2n) is 9.13. The van der Waals surface area contributed by atoms with Crippen molar-refractivity contribution in [3.63, 3.8) is 0 Å². The molecule has 3 heterocycles. The molecule has 0 radical (unpaired) electrons. The van der Waals surface area contributed by atoms with E-state index in [0.717, 1.165) is 28.4 Å². The number of nitrogens with zero attached hydrogens (tertiary/aromatic N) is 4. The Hall–Kier alpha value is -3.66. The molecule has 1 fully saturated rings. The molecule has 0 N–H and O–H groups in total. The number of ether oxygens (including phenoxy) is 2. The molecule has 0 saturated carbocycles. The Morgan fingerprint density at radius 3 is 2.31 bits per heavy atom. The fourth-order valence-electron chi connectivity index (χ4n) is 4.24. The fraction of sp³-hybridized carbons (Fsp3) is 0.346. The standard InChI is InChI=1S/C26H28N4O5S/c1-18(2)36(32,33)21-6-3-19(4-7-21)15-26(31)30-13-11-29(12-14-30)25-10-8-22(27-28-25)20-5-9-23-24(16-20)35-17-34-23/h3-10,16,18H,11-15,17H2,1-2H3. The quantitative estimate of drug-likeness (QED) is 0.501. The minimum absolute atomic E-state index is 0.0263. The minimum atomic E-state index is -3.32. The number of carbonyl (C=O) groups excluding carboxylic acids is 1. The maximum absolute atomic E-state index is 12.8. The molecular formula is C26H28N4O5S. The van der Waals surface area contributed by atoms with Gasteiger partial charge >= 0.3 is 0 Å². The Balaban J connectivity index is 1.16. The molecule has 0 spiro atoms. The highest BCUT2D eigenvalue weighted by Crippen LogP contribution is 2.35. The normalized spacial score (nSPS) is 15.4. The first-order valence-electron chi connectivity index (χ1n) is 11.9. The molecule has 10 heteroatoms. The Morgan fingerprint density at radius 1 is 0.917 bits per heavy atom. The molecule has 2 aliphatic rings. The molecule has 1 amide bonds. The zero-order chi connectivity index (χ0) is 25.3. The smallest absolute Gasteiger partial charge is 0.231 e. The molecule has 3 aromatic rings. The summed E-state index contributed by atoms with van der Waals surface area (Å²) in [6, 6.07) is 16.2. The summed E-state index contributed by atoms with van der Waals surface area (Å²) >= 11 is 0. The Bertz CT molecular complexity index is 1350. The number of aromatic nitrogens is 2. The number of hydrogen-bond donors (Lipinski definition) is 0. The van der Waals surface area contributed by atoms with Crippen LogP contribution in [0.15, 0.2) is 59.5 Å². The highest BCUT2D eigenvalue weighted by Gasteiger charge is 2.23. The van der Waals surface area contributed by atoms with Gasteiger partial charge in [-0.05, 0) is 61.9 Å². The molecule has 188 valence electrons. The Labute approximate surface area is 210 Å². The van der Waals surface area contributed by atoms with Crippen LogP contribution in [0.1, 0.15) is 19.4 Å². The summed E-state index contributed by atoms with van der Waals surface area (Å²) in [5.41, 5.74) is 2.46. The van der Waals surface area contributed by atoms with Crippen LogP contribution in [0.5, 0.6) is 11.5 Å². The third-order valence-electron chi connectivity index (χ3n) is 6.50. The van der Waals surface area contributed by atoms with Crippen LogP contribution in [0.3, 0.4) is 0 Å². The van der Waals surface area contributed by atoms with E-state index in [0.29, 0.717) is 31.9 Å². The van der Waals surface area contributed by atoms with Crippen molar-refractivity contribution < 1.29 is 22.7 Å². The fourth-order valence-corrected chi connectivity index (χ4v) is 5.30. The second kappa shape index (κ2) is 9.77. The number of sulfone groups is 1. The Kier molecular flexibility index (Phi) is 6.53. The van der Waals surface area contributed by atoms with Gasteiger partial charge in [-0.3, -0.25) is 4.79 Å². The lowest BCUT2D eigenvalue weighted by atomic mass is 10.1. The van der Waals surface area contributed by atoms with Crippen molar-refractivity contribution in [2.24, 2.45) is 0 Å². The van der Waals surface area contributed by atoms with Crippen molar-refractivity contribution in [3.05, 3.63) is 60.2 Å². The van der Waals surface area contributed by atoms with Gasteiger partial charge in [0, 0.05) is 31.7 Å². The van der Waals surface area contributed by atoms with Gasteiger partial charge in [-0.25, -0.2) is 8.42 Å². The molecular weight excluding hydrogens is 480 g/mol. The molecule has 0 bridgehead atoms. The van der Waals surface area contributed by atoms with Crippen LogP contribution in [0.2, 0.25) is 0 Å². The van der Waals surface area contributed by atoms with Gasteiger partial charge in [-0.1, -0.05) is 12.1 Å². The lowest BCUT2D eigenvalue weighted by Gasteiger charge is -2.35. The van der Waals surface area contributed by atoms with E-state index in [4.69, 9.17) is 9.47 Å². The number of amides is 1. The van der Waals surface area contributed by atoms with Gasteiger partial charge in [0.25, 0.3) is 0 Å². The molecule has 9 nitrogen and oxygen atoms in total. The first kappa shape index (κ1) is 24.1. The summed E-state index contributed by atoms with van der Waals surface area (Å²) in [6.45, 7) is 6.05. The van der Waals surface area contributed by atoms with Crippen molar-refractivity contribution in [2.45, 2.75) is 30.4 Å². The van der Waals surface area contributed by atoms with Gasteiger partial charge in [-0.2, -0.15) is 0 Å². The molecule has 0 aliphatic carbocycles. The van der Waals surface area contributed by atoms with E-state index < -0.39 is 15.1 Å². The summed E-state index contributed by atoms with van der Waals surface area (Å²) in [4.78, 5) is 17.1. The molecule has 1 aromatic heterocycles. The second-order valence-corrected chi connectivity index (χ2v) is 11.6. The van der Waals surface area contributed by atoms with E-state index in [2.05, 4.69) is 15.1 Å². The van der Waals surface area contributed by atoms with E-state index in [1.807, 2.05) is 35.2 Å². The monoisotopic (exact) mass is 508 g/mol. The summed E-state index contributed by atoms with van der Waals surface area (Å²) < 4.78 is 35.4. The summed E-state index contributed by atoms with van der Waals surface area (Å²) in [5, 5.41) is 8.30. The van der Waals surface area contributed by atoms with Crippen molar-refractivity contribution in [2.75, 3.05) is 37.9 Å². The predicted octanol–water partition coefficient (Wildman–Crippen LogP) is 2.95. The van der Waals surface area contributed by atoms with E-state index in [1.54, 1.807) is 38.1 Å². The van der Waals surface area contributed by atoms with Crippen LogP contribution >= 0.6 is 0 Å². The number of piperazine rings is 1. The number of rotatable bonds is 6. The Morgan fingerprint density at radius 2 is 1.64 bits per heavy atom. The van der Waals surface area contributed by atoms with Gasteiger partial charge in [-0.15, -0.1) is 10.2 Å². The number of carbonyl (C=O) groups is 1. The van der Waals surface area contributed by atoms with Crippen molar-refractivity contribution in [3.8, 4) is 22.8 Å². The third kappa shape index (κ3) is 4.86. The molecule has 0 unspecified atom stereocenters. The summed E-state index contributed by atoms with van der Waals surface area (Å²) in [6.07, 6.45) is 0.242. The highest BCUT2D eigenvalue weighted by molar-refractivity contribution is 7.92.